The molecule has 1 aromatic heterocycles. The lowest BCUT2D eigenvalue weighted by atomic mass is 10.0. The highest BCUT2D eigenvalue weighted by Crippen LogP contribution is 2.30. The molecule has 8 nitrogen and oxygen atoms in total. The standard InChI is InChI=1S/C23H31N3O5/c1-23(2,3)31-22(28)25-13-10-17(11-14-25)26-12-6-7-18(26)21(27)24-16-8-9-19(29-4)20(15-16)30-5/h6-9,12,15,17H,10-11,13-14H2,1-5H3,(H,24,27). The van der Waals surface area contributed by atoms with Crippen LogP contribution in [-0.2, 0) is 4.74 Å². The van der Waals surface area contributed by atoms with Crippen LogP contribution in [-0.4, -0.2) is 54.4 Å². The summed E-state index contributed by atoms with van der Waals surface area (Å²) in [5.41, 5.74) is 0.685. The SMILES string of the molecule is COc1ccc(NC(=O)c2cccn2C2CCN(C(=O)OC(C)(C)C)CC2)cc1OC. The number of nitrogens with one attached hydrogen (secondary N) is 1. The van der Waals surface area contributed by atoms with Crippen molar-refractivity contribution < 1.29 is 23.8 Å². The number of likely N-dealkylation sites (tertiary alicyclic amines) is 1. The van der Waals surface area contributed by atoms with Crippen molar-refractivity contribution in [2.45, 2.75) is 45.3 Å². The fourth-order valence-electron chi connectivity index (χ4n) is 3.67. The first-order valence-electron chi connectivity index (χ1n) is 10.4. The van der Waals surface area contributed by atoms with Crippen molar-refractivity contribution in [1.29, 1.82) is 0 Å². The summed E-state index contributed by atoms with van der Waals surface area (Å²) in [6.07, 6.45) is 3.14. The zero-order valence-electron chi connectivity index (χ0n) is 18.8. The number of nitrogens with zero attached hydrogens (tertiary/aromatic N) is 2. The van der Waals surface area contributed by atoms with Crippen LogP contribution in [0.3, 0.4) is 0 Å². The maximum atomic E-state index is 12.9. The number of piperidine rings is 1. The van der Waals surface area contributed by atoms with E-state index >= 15 is 0 Å². The minimum atomic E-state index is -0.510. The van der Waals surface area contributed by atoms with Crippen LogP contribution >= 0.6 is 0 Å². The van der Waals surface area contributed by atoms with E-state index in [1.807, 2.05) is 37.6 Å². The maximum Gasteiger partial charge on any atom is 0.410 e. The van der Waals surface area contributed by atoms with Gasteiger partial charge in [0.25, 0.3) is 5.91 Å². The van der Waals surface area contributed by atoms with Crippen LogP contribution < -0.4 is 14.8 Å². The summed E-state index contributed by atoms with van der Waals surface area (Å²) in [5, 5.41) is 2.92. The molecule has 0 saturated carbocycles. The fourth-order valence-corrected chi connectivity index (χ4v) is 3.67. The molecule has 1 saturated heterocycles. The lowest BCUT2D eigenvalue weighted by Gasteiger charge is -2.34. The molecule has 0 unspecified atom stereocenters. The van der Waals surface area contributed by atoms with E-state index in [9.17, 15) is 9.59 Å². The average Bonchev–Trinajstić information content (AvgIpc) is 3.22. The molecule has 0 bridgehead atoms. The fraction of sp³-hybridized carbons (Fsp3) is 0.478. The van der Waals surface area contributed by atoms with E-state index < -0.39 is 5.60 Å². The number of rotatable bonds is 5. The number of amides is 2. The molecule has 0 spiro atoms. The Labute approximate surface area is 183 Å². The van der Waals surface area contributed by atoms with Gasteiger partial charge >= 0.3 is 6.09 Å². The lowest BCUT2D eigenvalue weighted by molar-refractivity contribution is 0.0187. The van der Waals surface area contributed by atoms with Crippen molar-refractivity contribution in [1.82, 2.24) is 9.47 Å². The lowest BCUT2D eigenvalue weighted by Crippen LogP contribution is -2.42. The zero-order valence-corrected chi connectivity index (χ0v) is 18.8. The molecule has 168 valence electrons. The van der Waals surface area contributed by atoms with Crippen LogP contribution in [0.2, 0.25) is 0 Å². The van der Waals surface area contributed by atoms with E-state index in [1.165, 1.54) is 0 Å². The zero-order chi connectivity index (χ0) is 22.6. The Morgan fingerprint density at radius 3 is 2.32 bits per heavy atom. The molecule has 1 aliphatic heterocycles. The van der Waals surface area contributed by atoms with Gasteiger partial charge in [0.05, 0.1) is 14.2 Å². The second kappa shape index (κ2) is 9.32. The van der Waals surface area contributed by atoms with E-state index in [4.69, 9.17) is 14.2 Å². The molecule has 1 aliphatic rings. The second-order valence-corrected chi connectivity index (χ2v) is 8.52. The van der Waals surface area contributed by atoms with Gasteiger partial charge in [-0.3, -0.25) is 4.79 Å². The van der Waals surface area contributed by atoms with E-state index in [2.05, 4.69) is 5.32 Å². The minimum absolute atomic E-state index is 0.139. The van der Waals surface area contributed by atoms with Crippen LogP contribution in [0.15, 0.2) is 36.5 Å². The molecule has 2 aromatic rings. The van der Waals surface area contributed by atoms with Gasteiger partial charge in [0.15, 0.2) is 11.5 Å². The van der Waals surface area contributed by atoms with Gasteiger partial charge in [-0.15, -0.1) is 0 Å². The summed E-state index contributed by atoms with van der Waals surface area (Å²) in [4.78, 5) is 27.0. The van der Waals surface area contributed by atoms with Crippen LogP contribution in [0.1, 0.15) is 50.1 Å². The number of anilines is 1. The first kappa shape index (κ1) is 22.5. The predicted molar refractivity (Wildman–Crippen MR) is 118 cm³/mol. The molecule has 1 aromatic carbocycles. The molecule has 1 N–H and O–H groups in total. The van der Waals surface area contributed by atoms with Gasteiger partial charge in [-0.1, -0.05) is 0 Å². The number of ether oxygens (including phenoxy) is 3. The van der Waals surface area contributed by atoms with Crippen LogP contribution in [0.4, 0.5) is 10.5 Å². The van der Waals surface area contributed by atoms with E-state index in [-0.39, 0.29) is 18.0 Å². The second-order valence-electron chi connectivity index (χ2n) is 8.52. The number of carbonyl (C=O) groups excluding carboxylic acids is 2. The third-order valence-electron chi connectivity index (χ3n) is 5.16. The molecular formula is C23H31N3O5. The molecule has 3 rings (SSSR count). The Morgan fingerprint density at radius 1 is 1.03 bits per heavy atom. The number of benzene rings is 1. The van der Waals surface area contributed by atoms with Gasteiger partial charge < -0.3 is 29.0 Å². The Morgan fingerprint density at radius 2 is 1.71 bits per heavy atom. The number of aromatic nitrogens is 1. The summed E-state index contributed by atoms with van der Waals surface area (Å²) < 4.78 is 18.0. The third-order valence-corrected chi connectivity index (χ3v) is 5.16. The van der Waals surface area contributed by atoms with Gasteiger partial charge in [0.1, 0.15) is 11.3 Å². The number of hydrogen-bond donors (Lipinski definition) is 1. The van der Waals surface area contributed by atoms with Gasteiger partial charge in [-0.25, -0.2) is 4.79 Å². The average molecular weight is 430 g/mol. The number of carbonyl (C=O) groups is 2. The number of hydrogen-bond acceptors (Lipinski definition) is 5. The molecule has 1 fully saturated rings. The van der Waals surface area contributed by atoms with Gasteiger partial charge in [-0.05, 0) is 57.9 Å². The Kier molecular flexibility index (Phi) is 6.77. The van der Waals surface area contributed by atoms with Crippen LogP contribution in [0.5, 0.6) is 11.5 Å². The molecule has 31 heavy (non-hydrogen) atoms. The predicted octanol–water partition coefficient (Wildman–Crippen LogP) is 4.33. The van der Waals surface area contributed by atoms with Crippen LogP contribution in [0.25, 0.3) is 0 Å². The number of methoxy groups -OCH3 is 2. The highest BCUT2D eigenvalue weighted by molar-refractivity contribution is 6.03. The molecule has 0 radical (unpaired) electrons. The first-order chi connectivity index (χ1) is 14.7. The van der Waals surface area contributed by atoms with Crippen LogP contribution in [0, 0.1) is 0 Å². The third kappa shape index (κ3) is 5.51. The van der Waals surface area contributed by atoms with Crippen molar-refractivity contribution in [2.75, 3.05) is 32.6 Å². The monoisotopic (exact) mass is 429 g/mol. The van der Waals surface area contributed by atoms with Gasteiger partial charge in [-0.2, -0.15) is 0 Å². The highest BCUT2D eigenvalue weighted by atomic mass is 16.6. The van der Waals surface area contributed by atoms with E-state index in [0.29, 0.717) is 36.0 Å². The van der Waals surface area contributed by atoms with Crippen molar-refractivity contribution in [3.63, 3.8) is 0 Å². The summed E-state index contributed by atoms with van der Waals surface area (Å²) in [5.74, 6) is 0.942. The molecule has 0 aliphatic carbocycles. The van der Waals surface area contributed by atoms with Crippen molar-refractivity contribution in [3.8, 4) is 11.5 Å². The minimum Gasteiger partial charge on any atom is -0.493 e. The summed E-state index contributed by atoms with van der Waals surface area (Å²) >= 11 is 0. The first-order valence-corrected chi connectivity index (χ1v) is 10.4. The van der Waals surface area contributed by atoms with Gasteiger partial charge in [0, 0.05) is 37.1 Å². The Bertz CT molecular complexity index is 924. The largest absolute Gasteiger partial charge is 0.493 e. The Hall–Kier alpha value is -3.16. The van der Waals surface area contributed by atoms with Gasteiger partial charge in [0.2, 0.25) is 0 Å². The van der Waals surface area contributed by atoms with Crippen molar-refractivity contribution in [3.05, 3.63) is 42.2 Å². The molecule has 2 amide bonds. The molecule has 0 atom stereocenters. The van der Waals surface area contributed by atoms with E-state index in [0.717, 1.165) is 12.8 Å². The quantitative estimate of drug-likeness (QED) is 0.765. The van der Waals surface area contributed by atoms with E-state index in [1.54, 1.807) is 43.4 Å². The maximum absolute atomic E-state index is 12.9. The molecule has 8 heteroatoms. The highest BCUT2D eigenvalue weighted by Gasteiger charge is 2.28. The summed E-state index contributed by atoms with van der Waals surface area (Å²) in [6, 6.07) is 9.05. The van der Waals surface area contributed by atoms with Crippen molar-refractivity contribution >= 4 is 17.7 Å². The van der Waals surface area contributed by atoms with Crippen molar-refractivity contribution in [2.24, 2.45) is 0 Å². The molecule has 2 heterocycles. The smallest absolute Gasteiger partial charge is 0.410 e. The normalized spacial score (nSPS) is 14.8. The summed E-state index contributed by atoms with van der Waals surface area (Å²) in [6.45, 7) is 6.77. The summed E-state index contributed by atoms with van der Waals surface area (Å²) in [7, 11) is 3.12. The topological polar surface area (TPSA) is 82.0 Å². The Balaban J connectivity index is 1.65. The molecular weight excluding hydrogens is 398 g/mol.